The number of esters is 1. The Morgan fingerprint density at radius 3 is 2.56 bits per heavy atom. The maximum Gasteiger partial charge on any atom is 0.308 e. The molecule has 4 aliphatic rings. The van der Waals surface area contributed by atoms with E-state index in [1.54, 1.807) is 0 Å². The first-order chi connectivity index (χ1) is 11.7. The van der Waals surface area contributed by atoms with Gasteiger partial charge in [0, 0.05) is 10.8 Å². The Balaban J connectivity index is 1.74. The number of carbonyl (C=O) groups excluding carboxylic acids is 1. The van der Waals surface area contributed by atoms with Crippen molar-refractivity contribution in [1.82, 2.24) is 0 Å². The summed E-state index contributed by atoms with van der Waals surface area (Å²) in [7, 11) is 0. The van der Waals surface area contributed by atoms with Gasteiger partial charge in [0.05, 0.1) is 24.7 Å². The monoisotopic (exact) mass is 352 g/mol. The largest absolute Gasteiger partial charge is 0.463 e. The Bertz CT molecular complexity index is 578. The minimum Gasteiger partial charge on any atom is -0.463 e. The van der Waals surface area contributed by atoms with Crippen molar-refractivity contribution in [2.45, 2.75) is 83.0 Å². The van der Waals surface area contributed by atoms with E-state index in [1.807, 2.05) is 6.92 Å². The Labute approximate surface area is 150 Å². The van der Waals surface area contributed by atoms with Crippen molar-refractivity contribution in [2.75, 3.05) is 13.2 Å². The molecule has 2 heterocycles. The Morgan fingerprint density at radius 2 is 1.92 bits per heavy atom. The summed E-state index contributed by atoms with van der Waals surface area (Å²) in [6.07, 6.45) is 5.36. The predicted molar refractivity (Wildman–Crippen MR) is 91.8 cm³/mol. The second-order valence-corrected chi connectivity index (χ2v) is 9.68. The quantitative estimate of drug-likeness (QED) is 0.709. The van der Waals surface area contributed by atoms with E-state index in [2.05, 4.69) is 13.8 Å². The number of fused-ring (bicyclic) bond motifs is 2. The van der Waals surface area contributed by atoms with Crippen molar-refractivity contribution >= 4 is 5.97 Å². The smallest absolute Gasteiger partial charge is 0.308 e. The number of aliphatic hydroxyl groups is 2. The molecule has 2 spiro atoms. The normalized spacial score (nSPS) is 55.6. The highest BCUT2D eigenvalue weighted by molar-refractivity contribution is 5.73. The van der Waals surface area contributed by atoms with Crippen LogP contribution in [0, 0.1) is 22.7 Å². The number of ether oxygens (including phenoxy) is 2. The van der Waals surface area contributed by atoms with E-state index in [0.717, 1.165) is 32.1 Å². The second-order valence-electron chi connectivity index (χ2n) is 9.68. The first-order valence-corrected chi connectivity index (χ1v) is 9.86. The van der Waals surface area contributed by atoms with Gasteiger partial charge in [0.15, 0.2) is 0 Å². The van der Waals surface area contributed by atoms with E-state index in [1.165, 1.54) is 0 Å². The summed E-state index contributed by atoms with van der Waals surface area (Å²) in [6, 6.07) is 0. The number of carbonyl (C=O) groups is 1. The van der Waals surface area contributed by atoms with Crippen LogP contribution >= 0.6 is 0 Å². The van der Waals surface area contributed by atoms with Crippen molar-refractivity contribution < 1.29 is 24.5 Å². The summed E-state index contributed by atoms with van der Waals surface area (Å²) in [4.78, 5) is 11.7. The van der Waals surface area contributed by atoms with Gasteiger partial charge in [0.2, 0.25) is 0 Å². The van der Waals surface area contributed by atoms with Gasteiger partial charge >= 0.3 is 5.97 Å². The SMILES string of the molecule is C[C@H]1CC[C@H]2[C@@](C)(CO)[C@H](O)CC[C@]2(C)[C@]12CC[C@]1(COC(=O)C1)O2. The Morgan fingerprint density at radius 1 is 1.16 bits per heavy atom. The third kappa shape index (κ3) is 2.15. The molecule has 2 saturated carbocycles. The van der Waals surface area contributed by atoms with Crippen LogP contribution in [-0.2, 0) is 14.3 Å². The molecule has 0 aromatic rings. The molecule has 4 fully saturated rings. The van der Waals surface area contributed by atoms with Gasteiger partial charge in [-0.2, -0.15) is 0 Å². The maximum absolute atomic E-state index is 11.7. The summed E-state index contributed by atoms with van der Waals surface area (Å²) in [5, 5.41) is 20.8. The van der Waals surface area contributed by atoms with Crippen LogP contribution in [0.3, 0.4) is 0 Å². The lowest BCUT2D eigenvalue weighted by atomic mass is 9.43. The molecule has 0 unspecified atom stereocenters. The van der Waals surface area contributed by atoms with Crippen LogP contribution in [0.25, 0.3) is 0 Å². The maximum atomic E-state index is 11.7. The summed E-state index contributed by atoms with van der Waals surface area (Å²) in [5.74, 6) is 0.474. The van der Waals surface area contributed by atoms with Crippen LogP contribution < -0.4 is 0 Å². The van der Waals surface area contributed by atoms with Gasteiger partial charge in [-0.05, 0) is 50.4 Å². The number of hydrogen-bond donors (Lipinski definition) is 2. The molecule has 25 heavy (non-hydrogen) atoms. The van der Waals surface area contributed by atoms with E-state index in [4.69, 9.17) is 9.47 Å². The number of aliphatic hydroxyl groups excluding tert-OH is 2. The lowest BCUT2D eigenvalue weighted by molar-refractivity contribution is -0.266. The molecule has 0 amide bonds. The van der Waals surface area contributed by atoms with Crippen molar-refractivity contribution in [3.05, 3.63) is 0 Å². The molecule has 4 rings (SSSR count). The summed E-state index contributed by atoms with van der Waals surface area (Å²) in [6.45, 7) is 7.01. The van der Waals surface area contributed by atoms with E-state index < -0.39 is 17.1 Å². The third-order valence-electron chi connectivity index (χ3n) is 8.57. The highest BCUT2D eigenvalue weighted by atomic mass is 16.6. The van der Waals surface area contributed by atoms with Gasteiger partial charge in [-0.15, -0.1) is 0 Å². The Kier molecular flexibility index (Phi) is 3.85. The van der Waals surface area contributed by atoms with Gasteiger partial charge in [0.25, 0.3) is 0 Å². The molecule has 2 saturated heterocycles. The summed E-state index contributed by atoms with van der Waals surface area (Å²) in [5.41, 5.74) is -1.33. The number of cyclic esters (lactones) is 1. The molecule has 2 N–H and O–H groups in total. The van der Waals surface area contributed by atoms with Crippen LogP contribution in [0.2, 0.25) is 0 Å². The topological polar surface area (TPSA) is 76.0 Å². The van der Waals surface area contributed by atoms with Gasteiger partial charge in [-0.1, -0.05) is 20.8 Å². The summed E-state index contributed by atoms with van der Waals surface area (Å²) < 4.78 is 12.1. The van der Waals surface area contributed by atoms with Gasteiger partial charge in [-0.25, -0.2) is 0 Å². The first-order valence-electron chi connectivity index (χ1n) is 9.86. The lowest BCUT2D eigenvalue weighted by Crippen LogP contribution is -2.66. The van der Waals surface area contributed by atoms with Gasteiger partial charge in [-0.3, -0.25) is 4.79 Å². The molecule has 2 aliphatic carbocycles. The zero-order valence-corrected chi connectivity index (χ0v) is 15.7. The van der Waals surface area contributed by atoms with E-state index >= 15 is 0 Å². The van der Waals surface area contributed by atoms with E-state index in [-0.39, 0.29) is 29.5 Å². The van der Waals surface area contributed by atoms with Crippen LogP contribution in [0.1, 0.15) is 65.7 Å². The van der Waals surface area contributed by atoms with Crippen molar-refractivity contribution in [1.29, 1.82) is 0 Å². The molecule has 0 radical (unpaired) electrons. The molecule has 2 aliphatic heterocycles. The molecule has 5 nitrogen and oxygen atoms in total. The fourth-order valence-electron chi connectivity index (χ4n) is 6.94. The highest BCUT2D eigenvalue weighted by Crippen LogP contribution is 2.68. The first kappa shape index (κ1) is 17.7. The lowest BCUT2D eigenvalue weighted by Gasteiger charge is -2.65. The fourth-order valence-corrected chi connectivity index (χ4v) is 6.94. The zero-order valence-electron chi connectivity index (χ0n) is 15.7. The third-order valence-corrected chi connectivity index (χ3v) is 8.57. The molecular weight excluding hydrogens is 320 g/mol. The van der Waals surface area contributed by atoms with Gasteiger partial charge < -0.3 is 19.7 Å². The van der Waals surface area contributed by atoms with E-state index in [9.17, 15) is 15.0 Å². The van der Waals surface area contributed by atoms with Crippen LogP contribution in [0.5, 0.6) is 0 Å². The summed E-state index contributed by atoms with van der Waals surface area (Å²) >= 11 is 0. The average molecular weight is 352 g/mol. The number of hydrogen-bond acceptors (Lipinski definition) is 5. The highest BCUT2D eigenvalue weighted by Gasteiger charge is 2.69. The van der Waals surface area contributed by atoms with Crippen LogP contribution in [0.15, 0.2) is 0 Å². The average Bonchev–Trinajstić information content (AvgIpc) is 3.14. The minimum atomic E-state index is -0.485. The Hall–Kier alpha value is -0.650. The molecule has 7 atom stereocenters. The molecule has 0 bridgehead atoms. The van der Waals surface area contributed by atoms with Crippen molar-refractivity contribution in [3.8, 4) is 0 Å². The molecule has 5 heteroatoms. The minimum absolute atomic E-state index is 0.00558. The molecular formula is C20H32O5. The van der Waals surface area contributed by atoms with E-state index in [0.29, 0.717) is 25.4 Å². The molecule has 0 aromatic carbocycles. The number of rotatable bonds is 1. The standard InChI is InChI=1S/C20H32O5/c1-13-4-5-14-17(2,11-21)15(22)6-7-18(14,3)20(13)9-8-19(25-20)10-16(23)24-12-19/h13-15,21-22H,4-12H2,1-3H3/t13-,14-,15+,17+,18-,19-,20-/m0/s1. The van der Waals surface area contributed by atoms with Crippen molar-refractivity contribution in [2.24, 2.45) is 22.7 Å². The van der Waals surface area contributed by atoms with Crippen LogP contribution in [0.4, 0.5) is 0 Å². The zero-order chi connectivity index (χ0) is 18.1. The fraction of sp³-hybridized carbons (Fsp3) is 0.950. The molecule has 0 aromatic heterocycles. The van der Waals surface area contributed by atoms with Crippen LogP contribution in [-0.4, -0.2) is 46.7 Å². The van der Waals surface area contributed by atoms with Crippen molar-refractivity contribution in [3.63, 3.8) is 0 Å². The van der Waals surface area contributed by atoms with Gasteiger partial charge in [0.1, 0.15) is 12.2 Å². The second kappa shape index (κ2) is 5.43. The molecule has 142 valence electrons. The predicted octanol–water partition coefficient (Wildman–Crippen LogP) is 2.43.